The van der Waals surface area contributed by atoms with Gasteiger partial charge in [-0.25, -0.2) is 0 Å². The fraction of sp³-hybridized carbons (Fsp3) is 0.846. The number of fused-ring (bicyclic) bond motifs is 1. The Kier molecular flexibility index (Phi) is 7.81. The van der Waals surface area contributed by atoms with Gasteiger partial charge in [0.2, 0.25) is 5.91 Å². The highest BCUT2D eigenvalue weighted by atomic mass is 16.5. The quantitative estimate of drug-likeness (QED) is 0.739. The van der Waals surface area contributed by atoms with Crippen LogP contribution < -0.4 is 0 Å². The lowest BCUT2D eigenvalue weighted by Crippen LogP contribution is -2.47. The van der Waals surface area contributed by atoms with E-state index in [2.05, 4.69) is 10.1 Å². The number of carbonyl (C=O) groups excluding carboxylic acids is 1. The van der Waals surface area contributed by atoms with Gasteiger partial charge in [-0.1, -0.05) is 19.0 Å². The number of aromatic nitrogens is 1. The minimum atomic E-state index is -0.575. The van der Waals surface area contributed by atoms with Crippen LogP contribution in [0, 0.1) is 37.0 Å². The third-order valence-corrected chi connectivity index (χ3v) is 8.14. The van der Waals surface area contributed by atoms with Crippen molar-refractivity contribution in [1.82, 2.24) is 15.0 Å². The molecule has 3 aliphatic rings. The van der Waals surface area contributed by atoms with Crippen LogP contribution in [0.3, 0.4) is 0 Å². The van der Waals surface area contributed by atoms with Gasteiger partial charge in [0, 0.05) is 50.2 Å². The van der Waals surface area contributed by atoms with E-state index in [4.69, 9.17) is 9.26 Å². The lowest BCUT2D eigenvalue weighted by atomic mass is 9.80. The molecule has 2 saturated heterocycles. The van der Waals surface area contributed by atoms with Gasteiger partial charge >= 0.3 is 0 Å². The number of β-amino-alcohol motifs (C(OH)–C–C–N with tert-alkyl or cyclic N) is 1. The van der Waals surface area contributed by atoms with Crippen molar-refractivity contribution in [2.75, 3.05) is 39.4 Å². The van der Waals surface area contributed by atoms with Crippen molar-refractivity contribution in [3.05, 3.63) is 17.0 Å². The second kappa shape index (κ2) is 10.4. The predicted molar refractivity (Wildman–Crippen MR) is 127 cm³/mol. The Labute approximate surface area is 198 Å². The highest BCUT2D eigenvalue weighted by Crippen LogP contribution is 2.35. The van der Waals surface area contributed by atoms with Crippen molar-refractivity contribution in [1.29, 1.82) is 0 Å². The van der Waals surface area contributed by atoms with Crippen LogP contribution in [0.25, 0.3) is 0 Å². The molecule has 1 aromatic heterocycles. The summed E-state index contributed by atoms with van der Waals surface area (Å²) in [6, 6.07) is 0. The van der Waals surface area contributed by atoms with Crippen molar-refractivity contribution >= 4 is 5.91 Å². The lowest BCUT2D eigenvalue weighted by Gasteiger charge is -2.39. The van der Waals surface area contributed by atoms with Gasteiger partial charge in [0.25, 0.3) is 0 Å². The molecule has 2 aliphatic heterocycles. The van der Waals surface area contributed by atoms with E-state index < -0.39 is 6.10 Å². The van der Waals surface area contributed by atoms with E-state index >= 15 is 0 Å². The molecular formula is C26H43N3O4. The maximum absolute atomic E-state index is 13.5. The summed E-state index contributed by atoms with van der Waals surface area (Å²) in [7, 11) is 0. The number of aryl methyl sites for hydroxylation is 2. The first-order valence-electron chi connectivity index (χ1n) is 12.9. The molecule has 3 heterocycles. The molecule has 1 N–H and O–H groups in total. The smallest absolute Gasteiger partial charge is 0.222 e. The maximum Gasteiger partial charge on any atom is 0.222 e. The normalized spacial score (nSPS) is 30.3. The average Bonchev–Trinajstić information content (AvgIpc) is 3.54. The summed E-state index contributed by atoms with van der Waals surface area (Å²) in [5, 5.41) is 15.1. The third kappa shape index (κ3) is 6.37. The van der Waals surface area contributed by atoms with Gasteiger partial charge in [-0.15, -0.1) is 0 Å². The fourth-order valence-corrected chi connectivity index (χ4v) is 5.43. The highest BCUT2D eigenvalue weighted by Gasteiger charge is 2.37. The summed E-state index contributed by atoms with van der Waals surface area (Å²) in [5.41, 5.74) is 1.81. The second-order valence-electron chi connectivity index (χ2n) is 11.5. The van der Waals surface area contributed by atoms with Crippen LogP contribution in [0.15, 0.2) is 4.52 Å². The van der Waals surface area contributed by atoms with Gasteiger partial charge in [-0.3, -0.25) is 9.69 Å². The van der Waals surface area contributed by atoms with Crippen molar-refractivity contribution in [3.8, 4) is 0 Å². The Morgan fingerprint density at radius 3 is 2.61 bits per heavy atom. The number of likely N-dealkylation sites (tertiary alicyclic amines) is 1. The number of aliphatic hydroxyl groups is 1. The molecule has 186 valence electrons. The van der Waals surface area contributed by atoms with Gasteiger partial charge in [0.1, 0.15) is 5.76 Å². The van der Waals surface area contributed by atoms with Crippen LogP contribution in [0.5, 0.6) is 0 Å². The van der Waals surface area contributed by atoms with Gasteiger partial charge in [-0.2, -0.15) is 0 Å². The van der Waals surface area contributed by atoms with Crippen LogP contribution >= 0.6 is 0 Å². The molecule has 0 aromatic carbocycles. The molecule has 1 amide bonds. The monoisotopic (exact) mass is 461 g/mol. The number of piperidine rings is 1. The summed E-state index contributed by atoms with van der Waals surface area (Å²) in [4.78, 5) is 17.9. The zero-order valence-corrected chi connectivity index (χ0v) is 21.0. The van der Waals surface area contributed by atoms with E-state index in [9.17, 15) is 9.90 Å². The predicted octanol–water partition coefficient (Wildman–Crippen LogP) is 3.56. The van der Waals surface area contributed by atoms with Crippen molar-refractivity contribution in [3.63, 3.8) is 0 Å². The Hall–Kier alpha value is -1.44. The first-order chi connectivity index (χ1) is 15.7. The number of amides is 1. The van der Waals surface area contributed by atoms with Crippen molar-refractivity contribution in [2.24, 2.45) is 23.2 Å². The number of nitrogens with zero attached hydrogens (tertiary/aromatic N) is 3. The first kappa shape index (κ1) is 24.7. The SMILES string of the molecule is Cc1noc(C)c1CN1CC[C@H]2CC(=O)N(CC3CC3)C[C@H](O)C(C)(C)COCCC[C@H]2C1. The molecule has 0 bridgehead atoms. The molecule has 1 aliphatic carbocycles. The minimum Gasteiger partial charge on any atom is -0.391 e. The Morgan fingerprint density at radius 1 is 1.12 bits per heavy atom. The molecule has 7 heteroatoms. The summed E-state index contributed by atoms with van der Waals surface area (Å²) in [5.74, 6) is 2.62. The van der Waals surface area contributed by atoms with Crippen LogP contribution in [0.1, 0.15) is 69.4 Å². The summed E-state index contributed by atoms with van der Waals surface area (Å²) in [6.07, 6.45) is 5.53. The van der Waals surface area contributed by atoms with Crippen molar-refractivity contribution in [2.45, 2.75) is 78.9 Å². The molecule has 1 saturated carbocycles. The third-order valence-electron chi connectivity index (χ3n) is 8.14. The molecular weight excluding hydrogens is 418 g/mol. The van der Waals surface area contributed by atoms with E-state index in [1.54, 1.807) is 0 Å². The van der Waals surface area contributed by atoms with Gasteiger partial charge in [0.15, 0.2) is 0 Å². The van der Waals surface area contributed by atoms with Gasteiger partial charge < -0.3 is 19.3 Å². The summed E-state index contributed by atoms with van der Waals surface area (Å²) in [6.45, 7) is 13.4. The fourth-order valence-electron chi connectivity index (χ4n) is 5.43. The van der Waals surface area contributed by atoms with Crippen LogP contribution in [-0.4, -0.2) is 71.5 Å². The molecule has 0 unspecified atom stereocenters. The zero-order valence-electron chi connectivity index (χ0n) is 21.0. The number of rotatable bonds is 4. The summed E-state index contributed by atoms with van der Waals surface area (Å²) >= 11 is 0. The lowest BCUT2D eigenvalue weighted by molar-refractivity contribution is -0.136. The largest absolute Gasteiger partial charge is 0.391 e. The molecule has 3 atom stereocenters. The molecule has 0 radical (unpaired) electrons. The van der Waals surface area contributed by atoms with Crippen molar-refractivity contribution < 1.29 is 19.2 Å². The number of ether oxygens (including phenoxy) is 1. The Balaban J connectivity index is 1.46. The molecule has 1 aromatic rings. The van der Waals surface area contributed by atoms with E-state index in [0.717, 1.165) is 56.9 Å². The highest BCUT2D eigenvalue weighted by molar-refractivity contribution is 5.76. The Bertz CT molecular complexity index is 784. The van der Waals surface area contributed by atoms with Crippen LogP contribution in [0.4, 0.5) is 0 Å². The summed E-state index contributed by atoms with van der Waals surface area (Å²) < 4.78 is 11.4. The average molecular weight is 462 g/mol. The molecule has 7 nitrogen and oxygen atoms in total. The second-order valence-corrected chi connectivity index (χ2v) is 11.5. The molecule has 33 heavy (non-hydrogen) atoms. The van der Waals surface area contributed by atoms with Crippen LogP contribution in [-0.2, 0) is 16.1 Å². The van der Waals surface area contributed by atoms with E-state index in [1.165, 1.54) is 18.4 Å². The molecule has 4 rings (SSSR count). The topological polar surface area (TPSA) is 79.0 Å². The maximum atomic E-state index is 13.5. The zero-order chi connectivity index (χ0) is 23.6. The Morgan fingerprint density at radius 2 is 1.91 bits per heavy atom. The number of aliphatic hydroxyl groups excluding tert-OH is 1. The number of hydrogen-bond acceptors (Lipinski definition) is 6. The standard InChI is InChI=1S/C26H43N3O4/c1-18-23(19(2)33-27-18)15-28-10-9-21-12-25(31)29(13-20-7-8-20)16-24(30)26(3,4)17-32-11-5-6-22(21)14-28/h20-22,24,30H,5-17H2,1-4H3/t21-,22-,24-/m0/s1. The number of carbonyl (C=O) groups is 1. The van der Waals surface area contributed by atoms with E-state index in [0.29, 0.717) is 43.9 Å². The minimum absolute atomic E-state index is 0.228. The van der Waals surface area contributed by atoms with Crippen LogP contribution in [0.2, 0.25) is 0 Å². The molecule has 0 spiro atoms. The van der Waals surface area contributed by atoms with Gasteiger partial charge in [-0.05, 0) is 70.3 Å². The van der Waals surface area contributed by atoms with E-state index in [1.807, 2.05) is 32.6 Å². The van der Waals surface area contributed by atoms with E-state index in [-0.39, 0.29) is 11.3 Å². The number of hydrogen-bond donors (Lipinski definition) is 1. The molecule has 3 fully saturated rings. The first-order valence-corrected chi connectivity index (χ1v) is 12.9. The van der Waals surface area contributed by atoms with Gasteiger partial charge in [0.05, 0.1) is 18.4 Å².